The van der Waals surface area contributed by atoms with Gasteiger partial charge in [-0.15, -0.1) is 0 Å². The minimum Gasteiger partial charge on any atom is -0.464 e. The molecule has 1 atom stereocenters. The predicted molar refractivity (Wildman–Crippen MR) is 102 cm³/mol. The fraction of sp³-hybridized carbons (Fsp3) is 0.143. The molecule has 0 saturated carbocycles. The van der Waals surface area contributed by atoms with E-state index in [0.29, 0.717) is 11.3 Å². The number of rotatable bonds is 5. The second-order valence-corrected chi connectivity index (χ2v) is 6.32. The zero-order valence-electron chi connectivity index (χ0n) is 15.4. The van der Waals surface area contributed by atoms with Crippen LogP contribution in [0.1, 0.15) is 17.2 Å². The molecule has 0 aliphatic carbocycles. The van der Waals surface area contributed by atoms with Crippen molar-refractivity contribution in [2.45, 2.75) is 12.3 Å². The zero-order chi connectivity index (χ0) is 21.7. The third-order valence-corrected chi connectivity index (χ3v) is 4.24. The number of hydrogen-bond donors (Lipinski definition) is 3. The van der Waals surface area contributed by atoms with Gasteiger partial charge >= 0.3 is 18.0 Å². The number of hydrogen-bond acceptors (Lipinski definition) is 4. The van der Waals surface area contributed by atoms with Crippen molar-refractivity contribution in [2.75, 3.05) is 11.9 Å². The quantitative estimate of drug-likeness (QED) is 0.551. The Bertz CT molecular complexity index is 1020. The molecule has 0 radical (unpaired) electrons. The Morgan fingerprint density at radius 1 is 0.967 bits per heavy atom. The molecule has 0 fully saturated rings. The maximum atomic E-state index is 13.0. The number of anilines is 1. The highest BCUT2D eigenvalue weighted by Crippen LogP contribution is 2.34. The minimum atomic E-state index is -4.68. The summed E-state index contributed by atoms with van der Waals surface area (Å²) in [6.45, 7) is -0.298. The maximum absolute atomic E-state index is 13.0. The average Bonchev–Trinajstić information content (AvgIpc) is 3.26. The second kappa shape index (κ2) is 8.83. The molecule has 1 heterocycles. The van der Waals surface area contributed by atoms with Crippen LogP contribution < -0.4 is 10.6 Å². The summed E-state index contributed by atoms with van der Waals surface area (Å²) in [7, 11) is 0. The van der Waals surface area contributed by atoms with Gasteiger partial charge in [0, 0.05) is 12.1 Å². The van der Waals surface area contributed by atoms with Gasteiger partial charge in [-0.3, -0.25) is 9.59 Å². The first kappa shape index (κ1) is 21.1. The van der Waals surface area contributed by atoms with Crippen molar-refractivity contribution in [3.05, 3.63) is 78.1 Å². The van der Waals surface area contributed by atoms with Crippen molar-refractivity contribution >= 4 is 17.5 Å². The molecule has 6 nitrogen and oxygen atoms in total. The van der Waals surface area contributed by atoms with Crippen LogP contribution in [0.2, 0.25) is 0 Å². The maximum Gasteiger partial charge on any atom is 0.418 e. The molecule has 2 aromatic carbocycles. The van der Waals surface area contributed by atoms with E-state index in [1.165, 1.54) is 18.4 Å². The number of halogens is 3. The van der Waals surface area contributed by atoms with Crippen molar-refractivity contribution in [1.29, 1.82) is 0 Å². The number of benzene rings is 2. The molecule has 30 heavy (non-hydrogen) atoms. The fourth-order valence-electron chi connectivity index (χ4n) is 2.72. The van der Waals surface area contributed by atoms with Crippen molar-refractivity contribution < 1.29 is 32.3 Å². The van der Waals surface area contributed by atoms with Crippen LogP contribution in [-0.2, 0) is 15.8 Å². The smallest absolute Gasteiger partial charge is 0.418 e. The van der Waals surface area contributed by atoms with E-state index >= 15 is 0 Å². The van der Waals surface area contributed by atoms with Crippen LogP contribution in [0.4, 0.5) is 18.9 Å². The summed E-state index contributed by atoms with van der Waals surface area (Å²) in [5.41, 5.74) is -0.321. The number of carbonyl (C=O) groups is 2. The van der Waals surface area contributed by atoms with Crippen LogP contribution in [-0.4, -0.2) is 23.5 Å². The van der Waals surface area contributed by atoms with E-state index in [-0.39, 0.29) is 6.54 Å². The predicted octanol–water partition coefficient (Wildman–Crippen LogP) is 3.75. The monoisotopic (exact) mass is 418 g/mol. The minimum absolute atomic E-state index is 0.298. The molecule has 0 bridgehead atoms. The Morgan fingerprint density at radius 2 is 1.67 bits per heavy atom. The van der Waals surface area contributed by atoms with Gasteiger partial charge in [0.15, 0.2) is 0 Å². The number of para-hydroxylation sites is 1. The van der Waals surface area contributed by atoms with Gasteiger partial charge in [-0.25, -0.2) is 0 Å². The standard InChI is InChI=1S/C21H17F3N2O4/c22-21(23,24)15-4-1-2-5-16(15)26-20(29)19(28)25-12-17(27)13-7-9-14(10-8-13)18-6-3-11-30-18/h1-11,17,27H,12H2,(H,25,28)(H,26,29)/t17-/m1/s1. The number of aliphatic hydroxyl groups excluding tert-OH is 1. The average molecular weight is 418 g/mol. The first-order valence-electron chi connectivity index (χ1n) is 8.83. The normalized spacial score (nSPS) is 12.3. The number of aliphatic hydroxyl groups is 1. The molecule has 9 heteroatoms. The molecule has 0 spiro atoms. The van der Waals surface area contributed by atoms with E-state index in [4.69, 9.17) is 4.42 Å². The first-order valence-corrected chi connectivity index (χ1v) is 8.83. The second-order valence-electron chi connectivity index (χ2n) is 6.32. The van der Waals surface area contributed by atoms with Crippen molar-refractivity contribution in [2.24, 2.45) is 0 Å². The lowest BCUT2D eigenvalue weighted by molar-refractivity contribution is -0.138. The molecule has 0 aliphatic rings. The Kier molecular flexibility index (Phi) is 6.22. The summed E-state index contributed by atoms with van der Waals surface area (Å²) < 4.78 is 44.2. The lowest BCUT2D eigenvalue weighted by Crippen LogP contribution is -2.38. The van der Waals surface area contributed by atoms with E-state index in [0.717, 1.165) is 17.7 Å². The summed E-state index contributed by atoms with van der Waals surface area (Å²) >= 11 is 0. The van der Waals surface area contributed by atoms with Crippen LogP contribution in [0.25, 0.3) is 11.3 Å². The Morgan fingerprint density at radius 3 is 2.30 bits per heavy atom. The molecule has 1 aromatic heterocycles. The number of furan rings is 1. The van der Waals surface area contributed by atoms with E-state index in [2.05, 4.69) is 5.32 Å². The molecule has 2 amide bonds. The van der Waals surface area contributed by atoms with E-state index in [9.17, 15) is 27.9 Å². The van der Waals surface area contributed by atoms with Crippen LogP contribution >= 0.6 is 0 Å². The number of alkyl halides is 3. The van der Waals surface area contributed by atoms with Gasteiger partial charge in [0.2, 0.25) is 0 Å². The third kappa shape index (κ3) is 5.06. The highest BCUT2D eigenvalue weighted by atomic mass is 19.4. The van der Waals surface area contributed by atoms with Crippen LogP contribution in [0, 0.1) is 0 Å². The molecule has 156 valence electrons. The summed E-state index contributed by atoms with van der Waals surface area (Å²) in [5.74, 6) is -1.79. The fourth-order valence-corrected chi connectivity index (χ4v) is 2.72. The first-order chi connectivity index (χ1) is 14.3. The highest BCUT2D eigenvalue weighted by Gasteiger charge is 2.34. The van der Waals surface area contributed by atoms with E-state index in [1.807, 2.05) is 5.32 Å². The SMILES string of the molecule is O=C(NC[C@@H](O)c1ccc(-c2ccco2)cc1)C(=O)Nc1ccccc1C(F)(F)F. The van der Waals surface area contributed by atoms with Crippen molar-refractivity contribution in [1.82, 2.24) is 5.32 Å². The lowest BCUT2D eigenvalue weighted by Gasteiger charge is -2.14. The molecule has 3 rings (SSSR count). The van der Waals surface area contributed by atoms with Gasteiger partial charge in [-0.2, -0.15) is 13.2 Å². The number of nitrogens with one attached hydrogen (secondary N) is 2. The van der Waals surface area contributed by atoms with Gasteiger partial charge in [-0.1, -0.05) is 36.4 Å². The molecule has 0 unspecified atom stereocenters. The summed E-state index contributed by atoms with van der Waals surface area (Å²) in [6.07, 6.45) is -4.26. The van der Waals surface area contributed by atoms with Crippen molar-refractivity contribution in [3.63, 3.8) is 0 Å². The number of amides is 2. The zero-order valence-corrected chi connectivity index (χ0v) is 15.4. The number of carbonyl (C=O) groups excluding carboxylic acids is 2. The van der Waals surface area contributed by atoms with Crippen LogP contribution in [0.5, 0.6) is 0 Å². The Balaban J connectivity index is 1.57. The van der Waals surface area contributed by atoms with Crippen molar-refractivity contribution in [3.8, 4) is 11.3 Å². The summed E-state index contributed by atoms with van der Waals surface area (Å²) in [5, 5.41) is 14.3. The largest absolute Gasteiger partial charge is 0.464 e. The van der Waals surface area contributed by atoms with Gasteiger partial charge in [-0.05, 0) is 29.8 Å². The van der Waals surface area contributed by atoms with Gasteiger partial charge in [0.1, 0.15) is 5.76 Å². The summed E-state index contributed by atoms with van der Waals surface area (Å²) in [4.78, 5) is 23.9. The van der Waals surface area contributed by atoms with E-state index < -0.39 is 35.3 Å². The molecule has 3 N–H and O–H groups in total. The Labute approximate surface area is 169 Å². The molecule has 0 saturated heterocycles. The lowest BCUT2D eigenvalue weighted by atomic mass is 10.1. The van der Waals surface area contributed by atoms with E-state index in [1.54, 1.807) is 36.4 Å². The molecular weight excluding hydrogens is 401 g/mol. The summed E-state index contributed by atoms with van der Waals surface area (Å²) in [6, 6.07) is 14.5. The highest BCUT2D eigenvalue weighted by molar-refractivity contribution is 6.39. The third-order valence-electron chi connectivity index (χ3n) is 4.24. The molecular formula is C21H17F3N2O4. The molecule has 3 aromatic rings. The van der Waals surface area contributed by atoms with Crippen LogP contribution in [0.3, 0.4) is 0 Å². The topological polar surface area (TPSA) is 91.6 Å². The van der Waals surface area contributed by atoms with Crippen LogP contribution in [0.15, 0.2) is 71.3 Å². The van der Waals surface area contributed by atoms with Gasteiger partial charge < -0.3 is 20.2 Å². The van der Waals surface area contributed by atoms with Gasteiger partial charge in [0.25, 0.3) is 0 Å². The molecule has 0 aliphatic heterocycles. The Hall–Kier alpha value is -3.59. The van der Waals surface area contributed by atoms with Gasteiger partial charge in [0.05, 0.1) is 23.6 Å².